The van der Waals surface area contributed by atoms with E-state index >= 15 is 0 Å². The van der Waals surface area contributed by atoms with Crippen LogP contribution in [0.1, 0.15) is 48.6 Å². The van der Waals surface area contributed by atoms with Gasteiger partial charge in [-0.05, 0) is 73.6 Å². The Bertz CT molecular complexity index is 896. The molecule has 0 unspecified atom stereocenters. The Hall–Kier alpha value is -1.89. The van der Waals surface area contributed by atoms with Gasteiger partial charge in [0, 0.05) is 10.8 Å². The van der Waals surface area contributed by atoms with E-state index in [1.54, 1.807) is 0 Å². The molecule has 0 aliphatic heterocycles. The molecule has 1 heterocycles. The molecule has 0 bridgehead atoms. The van der Waals surface area contributed by atoms with Gasteiger partial charge in [0.15, 0.2) is 0 Å². The van der Waals surface area contributed by atoms with Crippen LogP contribution < -0.4 is 0 Å². The fourth-order valence-electron chi connectivity index (χ4n) is 3.42. The lowest BCUT2D eigenvalue weighted by atomic mass is 9.80. The molecule has 0 amide bonds. The van der Waals surface area contributed by atoms with Gasteiger partial charge in [0.05, 0.1) is 11.0 Å². The van der Waals surface area contributed by atoms with Crippen LogP contribution in [0.4, 0.5) is 0 Å². The van der Waals surface area contributed by atoms with E-state index < -0.39 is 0 Å². The summed E-state index contributed by atoms with van der Waals surface area (Å²) in [6, 6.07) is 8.93. The fraction of sp³-hybridized carbons (Fsp3) is 0.381. The minimum absolute atomic E-state index is 0.0847. The molecule has 2 aromatic carbocycles. The third-order valence-electron chi connectivity index (χ3n) is 4.80. The molecule has 114 valence electrons. The summed E-state index contributed by atoms with van der Waals surface area (Å²) in [4.78, 5) is 4.99. The largest absolute Gasteiger partial charge is 0.247 e. The second-order valence-electron chi connectivity index (χ2n) is 7.60. The van der Waals surface area contributed by atoms with Crippen molar-refractivity contribution in [3.05, 3.63) is 52.1 Å². The zero-order valence-corrected chi connectivity index (χ0v) is 14.8. The summed E-state index contributed by atoms with van der Waals surface area (Å²) < 4.78 is 0. The highest BCUT2D eigenvalue weighted by Crippen LogP contribution is 2.38. The molecular formula is C21H25N. The molecule has 1 nitrogen and oxygen atoms in total. The van der Waals surface area contributed by atoms with Gasteiger partial charge in [-0.15, -0.1) is 0 Å². The lowest BCUT2D eigenvalue weighted by Gasteiger charge is -2.25. The normalized spacial score (nSPS) is 12.3. The quantitative estimate of drug-likeness (QED) is 0.468. The van der Waals surface area contributed by atoms with Gasteiger partial charge in [-0.2, -0.15) is 0 Å². The second-order valence-corrected chi connectivity index (χ2v) is 7.60. The lowest BCUT2D eigenvalue weighted by molar-refractivity contribution is 0.601. The Balaban J connectivity index is 2.64. The van der Waals surface area contributed by atoms with Gasteiger partial charge in [-0.25, -0.2) is 4.98 Å². The van der Waals surface area contributed by atoms with Crippen molar-refractivity contribution in [1.82, 2.24) is 4.98 Å². The van der Waals surface area contributed by atoms with Gasteiger partial charge < -0.3 is 0 Å². The Labute approximate surface area is 133 Å². The molecule has 22 heavy (non-hydrogen) atoms. The highest BCUT2D eigenvalue weighted by molar-refractivity contribution is 6.00. The molecule has 1 heteroatoms. The average molecular weight is 291 g/mol. The maximum Gasteiger partial charge on any atom is 0.0744 e. The van der Waals surface area contributed by atoms with Crippen LogP contribution in [0, 0.1) is 27.7 Å². The van der Waals surface area contributed by atoms with Crippen LogP contribution in [0.15, 0.2) is 24.3 Å². The Kier molecular flexibility index (Phi) is 3.28. The molecule has 3 rings (SSSR count). The fourth-order valence-corrected chi connectivity index (χ4v) is 3.42. The molecule has 0 saturated carbocycles. The van der Waals surface area contributed by atoms with E-state index in [1.807, 2.05) is 0 Å². The van der Waals surface area contributed by atoms with Crippen LogP contribution in [0.5, 0.6) is 0 Å². The van der Waals surface area contributed by atoms with Gasteiger partial charge in [0.25, 0.3) is 0 Å². The third-order valence-corrected chi connectivity index (χ3v) is 4.80. The summed E-state index contributed by atoms with van der Waals surface area (Å²) in [7, 11) is 0. The van der Waals surface area contributed by atoms with Crippen molar-refractivity contribution in [3.8, 4) is 0 Å². The summed E-state index contributed by atoms with van der Waals surface area (Å²) >= 11 is 0. The lowest BCUT2D eigenvalue weighted by Crippen LogP contribution is -2.14. The first kappa shape index (κ1) is 15.0. The Morgan fingerprint density at radius 1 is 0.818 bits per heavy atom. The minimum atomic E-state index is 0.0847. The van der Waals surface area contributed by atoms with E-state index in [4.69, 9.17) is 4.98 Å². The predicted octanol–water partition coefficient (Wildman–Crippen LogP) is 5.92. The van der Waals surface area contributed by atoms with E-state index in [2.05, 4.69) is 72.7 Å². The SMILES string of the molecule is Cc1ccc2nc3c(C)c(C)c(C)cc3c(C(C)(C)C)c2c1. The van der Waals surface area contributed by atoms with Crippen molar-refractivity contribution in [2.24, 2.45) is 0 Å². The smallest absolute Gasteiger partial charge is 0.0744 e. The summed E-state index contributed by atoms with van der Waals surface area (Å²) in [6.45, 7) is 15.7. The standard InChI is InChI=1S/C21H25N/c1-12-8-9-18-16(10-12)19(21(5,6)7)17-11-13(2)14(3)15(4)20(17)22-18/h8-11H,1-7H3. The molecule has 0 saturated heterocycles. The Morgan fingerprint density at radius 3 is 2.14 bits per heavy atom. The number of hydrogen-bond donors (Lipinski definition) is 0. The van der Waals surface area contributed by atoms with Gasteiger partial charge in [-0.1, -0.05) is 32.4 Å². The first-order valence-corrected chi connectivity index (χ1v) is 8.01. The van der Waals surface area contributed by atoms with Gasteiger partial charge in [-0.3, -0.25) is 0 Å². The van der Waals surface area contributed by atoms with Gasteiger partial charge in [0.2, 0.25) is 0 Å². The van der Waals surface area contributed by atoms with E-state index in [1.165, 1.54) is 38.6 Å². The molecule has 0 fully saturated rings. The number of hydrogen-bond acceptors (Lipinski definition) is 1. The summed E-state index contributed by atoms with van der Waals surface area (Å²) in [5.74, 6) is 0. The second kappa shape index (κ2) is 4.81. The number of fused-ring (bicyclic) bond motifs is 2. The number of pyridine rings is 1. The predicted molar refractivity (Wildman–Crippen MR) is 96.9 cm³/mol. The van der Waals surface area contributed by atoms with Crippen molar-refractivity contribution in [3.63, 3.8) is 0 Å². The third kappa shape index (κ3) is 2.20. The van der Waals surface area contributed by atoms with E-state index in [0.717, 1.165) is 11.0 Å². The van der Waals surface area contributed by atoms with Crippen LogP contribution in [-0.2, 0) is 5.41 Å². The van der Waals surface area contributed by atoms with E-state index in [0.29, 0.717) is 0 Å². The highest BCUT2D eigenvalue weighted by atomic mass is 14.7. The number of aryl methyl sites for hydroxylation is 3. The van der Waals surface area contributed by atoms with Crippen molar-refractivity contribution >= 4 is 21.8 Å². The maximum absolute atomic E-state index is 4.99. The molecule has 3 aromatic rings. The Morgan fingerprint density at radius 2 is 1.50 bits per heavy atom. The van der Waals surface area contributed by atoms with Crippen LogP contribution in [0.3, 0.4) is 0 Å². The number of nitrogens with zero attached hydrogens (tertiary/aromatic N) is 1. The van der Waals surface area contributed by atoms with Crippen LogP contribution in [0.2, 0.25) is 0 Å². The molecule has 0 N–H and O–H groups in total. The molecule has 0 radical (unpaired) electrons. The summed E-state index contributed by atoms with van der Waals surface area (Å²) in [5.41, 5.74) is 9.07. The first-order chi connectivity index (χ1) is 10.2. The van der Waals surface area contributed by atoms with Crippen molar-refractivity contribution in [2.75, 3.05) is 0 Å². The summed E-state index contributed by atoms with van der Waals surface area (Å²) in [5, 5.41) is 2.61. The maximum atomic E-state index is 4.99. The van der Waals surface area contributed by atoms with E-state index in [9.17, 15) is 0 Å². The number of rotatable bonds is 0. The zero-order valence-electron chi connectivity index (χ0n) is 14.8. The highest BCUT2D eigenvalue weighted by Gasteiger charge is 2.22. The zero-order chi connectivity index (χ0) is 16.2. The number of benzene rings is 2. The van der Waals surface area contributed by atoms with Crippen LogP contribution >= 0.6 is 0 Å². The molecule has 0 aliphatic carbocycles. The molecule has 0 atom stereocenters. The van der Waals surface area contributed by atoms with Crippen LogP contribution in [-0.4, -0.2) is 4.98 Å². The number of aromatic nitrogens is 1. The van der Waals surface area contributed by atoms with Crippen LogP contribution in [0.25, 0.3) is 21.8 Å². The van der Waals surface area contributed by atoms with E-state index in [-0.39, 0.29) is 5.41 Å². The monoisotopic (exact) mass is 291 g/mol. The van der Waals surface area contributed by atoms with Crippen molar-refractivity contribution in [1.29, 1.82) is 0 Å². The van der Waals surface area contributed by atoms with Gasteiger partial charge >= 0.3 is 0 Å². The van der Waals surface area contributed by atoms with Gasteiger partial charge in [0.1, 0.15) is 0 Å². The summed E-state index contributed by atoms with van der Waals surface area (Å²) in [6.07, 6.45) is 0. The molecule has 0 aliphatic rings. The van der Waals surface area contributed by atoms with Crippen molar-refractivity contribution in [2.45, 2.75) is 53.9 Å². The molecular weight excluding hydrogens is 266 g/mol. The van der Waals surface area contributed by atoms with Crippen molar-refractivity contribution < 1.29 is 0 Å². The average Bonchev–Trinajstić information content (AvgIpc) is 2.42. The first-order valence-electron chi connectivity index (χ1n) is 8.01. The molecule has 0 spiro atoms. The minimum Gasteiger partial charge on any atom is -0.247 e. The topological polar surface area (TPSA) is 12.9 Å². The molecule has 1 aromatic heterocycles.